The fraction of sp³-hybridized carbons (Fsp3) is 0.611. The number of benzene rings is 1. The second-order valence-corrected chi connectivity index (χ2v) is 6.46. The Morgan fingerprint density at radius 1 is 1.24 bits per heavy atom. The van der Waals surface area contributed by atoms with E-state index in [1.807, 2.05) is 0 Å². The van der Waals surface area contributed by atoms with Gasteiger partial charge in [-0.3, -0.25) is 4.79 Å². The van der Waals surface area contributed by atoms with E-state index in [4.69, 9.17) is 0 Å². The van der Waals surface area contributed by atoms with E-state index in [9.17, 15) is 9.18 Å². The summed E-state index contributed by atoms with van der Waals surface area (Å²) in [4.78, 5) is 14.5. The fourth-order valence-electron chi connectivity index (χ4n) is 3.09. The third kappa shape index (κ3) is 4.92. The van der Waals surface area contributed by atoms with Crippen molar-refractivity contribution in [1.29, 1.82) is 0 Å². The summed E-state index contributed by atoms with van der Waals surface area (Å²) in [7, 11) is 0. The van der Waals surface area contributed by atoms with Gasteiger partial charge in [0.2, 0.25) is 0 Å². The zero-order valence-corrected chi connectivity index (χ0v) is 13.1. The van der Waals surface area contributed by atoms with Gasteiger partial charge < -0.3 is 4.90 Å². The first kappa shape index (κ1) is 16.2. The number of nitrogens with zero attached hydrogens (tertiary/aromatic N) is 1. The van der Waals surface area contributed by atoms with Crippen LogP contribution in [0.15, 0.2) is 24.3 Å². The second-order valence-electron chi connectivity index (χ2n) is 6.46. The maximum absolute atomic E-state index is 12.8. The molecule has 0 saturated carbocycles. The van der Waals surface area contributed by atoms with Crippen molar-refractivity contribution >= 4 is 5.78 Å². The Hall–Kier alpha value is -1.22. The van der Waals surface area contributed by atoms with E-state index >= 15 is 0 Å². The zero-order chi connectivity index (χ0) is 15.2. The average Bonchev–Trinajstić information content (AvgIpc) is 2.48. The van der Waals surface area contributed by atoms with E-state index in [1.54, 1.807) is 12.1 Å². The first-order valence-corrected chi connectivity index (χ1v) is 8.07. The van der Waals surface area contributed by atoms with Crippen molar-refractivity contribution in [2.75, 3.05) is 19.6 Å². The van der Waals surface area contributed by atoms with Crippen LogP contribution in [0.25, 0.3) is 0 Å². The van der Waals surface area contributed by atoms with E-state index in [-0.39, 0.29) is 11.6 Å². The topological polar surface area (TPSA) is 20.3 Å². The van der Waals surface area contributed by atoms with Gasteiger partial charge in [0.25, 0.3) is 0 Å². The Balaban J connectivity index is 1.68. The van der Waals surface area contributed by atoms with Crippen LogP contribution in [-0.4, -0.2) is 30.3 Å². The standard InChI is InChI=1S/C18H26FNO/c1-14(2)15-9-12-20(13-10-15)11-3-4-18(21)16-5-7-17(19)8-6-16/h5-8,14-15H,3-4,9-13H2,1-2H3. The zero-order valence-electron chi connectivity index (χ0n) is 13.1. The summed E-state index contributed by atoms with van der Waals surface area (Å²) in [6.45, 7) is 7.93. The molecule has 0 N–H and O–H groups in total. The number of piperidine rings is 1. The molecular weight excluding hydrogens is 265 g/mol. The molecule has 1 saturated heterocycles. The van der Waals surface area contributed by atoms with Crippen LogP contribution >= 0.6 is 0 Å². The van der Waals surface area contributed by atoms with Gasteiger partial charge >= 0.3 is 0 Å². The van der Waals surface area contributed by atoms with Crippen LogP contribution < -0.4 is 0 Å². The van der Waals surface area contributed by atoms with Crippen LogP contribution in [0.4, 0.5) is 4.39 Å². The van der Waals surface area contributed by atoms with Gasteiger partial charge in [0.1, 0.15) is 5.82 Å². The molecule has 0 spiro atoms. The number of hydrogen-bond acceptors (Lipinski definition) is 2. The van der Waals surface area contributed by atoms with Crippen LogP contribution in [0.5, 0.6) is 0 Å². The molecular formula is C18H26FNO. The van der Waals surface area contributed by atoms with E-state index in [1.165, 1.54) is 25.0 Å². The molecule has 0 atom stereocenters. The molecule has 21 heavy (non-hydrogen) atoms. The minimum absolute atomic E-state index is 0.118. The lowest BCUT2D eigenvalue weighted by Gasteiger charge is -2.33. The highest BCUT2D eigenvalue weighted by Crippen LogP contribution is 2.24. The van der Waals surface area contributed by atoms with Crippen LogP contribution in [0.1, 0.15) is 49.9 Å². The molecule has 3 heteroatoms. The Bertz CT molecular complexity index is 447. The van der Waals surface area contributed by atoms with Crippen molar-refractivity contribution in [3.63, 3.8) is 0 Å². The molecule has 0 aromatic heterocycles. The number of carbonyl (C=O) groups is 1. The Morgan fingerprint density at radius 2 is 1.86 bits per heavy atom. The third-order valence-corrected chi connectivity index (χ3v) is 4.62. The molecule has 0 radical (unpaired) electrons. The summed E-state index contributed by atoms with van der Waals surface area (Å²) in [5, 5.41) is 0. The van der Waals surface area contributed by atoms with Crippen molar-refractivity contribution in [1.82, 2.24) is 4.90 Å². The molecule has 0 amide bonds. The first-order chi connectivity index (χ1) is 10.1. The lowest BCUT2D eigenvalue weighted by molar-refractivity contribution is 0.0968. The molecule has 1 aromatic carbocycles. The summed E-state index contributed by atoms with van der Waals surface area (Å²) >= 11 is 0. The molecule has 0 aliphatic carbocycles. The number of hydrogen-bond donors (Lipinski definition) is 0. The van der Waals surface area contributed by atoms with Gasteiger partial charge in [-0.2, -0.15) is 0 Å². The summed E-state index contributed by atoms with van der Waals surface area (Å²) in [6.07, 6.45) is 4.01. The fourth-order valence-corrected chi connectivity index (χ4v) is 3.09. The molecule has 1 fully saturated rings. The second kappa shape index (κ2) is 7.69. The van der Waals surface area contributed by atoms with Crippen molar-refractivity contribution < 1.29 is 9.18 Å². The third-order valence-electron chi connectivity index (χ3n) is 4.62. The van der Waals surface area contributed by atoms with Gasteiger partial charge in [-0.25, -0.2) is 4.39 Å². The predicted molar refractivity (Wildman–Crippen MR) is 84.0 cm³/mol. The van der Waals surface area contributed by atoms with Crippen molar-refractivity contribution in [3.8, 4) is 0 Å². The van der Waals surface area contributed by atoms with Crippen LogP contribution in [0, 0.1) is 17.7 Å². The van der Waals surface area contributed by atoms with E-state index < -0.39 is 0 Å². The molecule has 1 aliphatic heterocycles. The SMILES string of the molecule is CC(C)C1CCN(CCCC(=O)c2ccc(F)cc2)CC1. The largest absolute Gasteiger partial charge is 0.303 e. The molecule has 1 aromatic rings. The highest BCUT2D eigenvalue weighted by Gasteiger charge is 2.21. The number of carbonyl (C=O) groups excluding carboxylic acids is 1. The number of likely N-dealkylation sites (tertiary alicyclic amines) is 1. The highest BCUT2D eigenvalue weighted by atomic mass is 19.1. The van der Waals surface area contributed by atoms with E-state index in [0.29, 0.717) is 12.0 Å². The number of halogens is 1. The van der Waals surface area contributed by atoms with Crippen molar-refractivity contribution in [2.45, 2.75) is 39.5 Å². The molecule has 1 aliphatic rings. The van der Waals surface area contributed by atoms with E-state index in [2.05, 4.69) is 18.7 Å². The number of ketones is 1. The number of rotatable bonds is 6. The molecule has 2 nitrogen and oxygen atoms in total. The summed E-state index contributed by atoms with van der Waals surface area (Å²) in [6, 6.07) is 5.85. The summed E-state index contributed by atoms with van der Waals surface area (Å²) in [5.74, 6) is 1.47. The molecule has 0 bridgehead atoms. The lowest BCUT2D eigenvalue weighted by Crippen LogP contribution is -2.35. The molecule has 0 unspecified atom stereocenters. The molecule has 2 rings (SSSR count). The Kier molecular flexibility index (Phi) is 5.92. The maximum atomic E-state index is 12.8. The average molecular weight is 291 g/mol. The van der Waals surface area contributed by atoms with Gasteiger partial charge in [0, 0.05) is 12.0 Å². The van der Waals surface area contributed by atoms with Gasteiger partial charge in [-0.15, -0.1) is 0 Å². The Labute approximate surface area is 127 Å². The van der Waals surface area contributed by atoms with Gasteiger partial charge in [-0.05, 0) is 75.0 Å². The summed E-state index contributed by atoms with van der Waals surface area (Å²) in [5.41, 5.74) is 0.620. The van der Waals surface area contributed by atoms with Gasteiger partial charge in [-0.1, -0.05) is 13.8 Å². The van der Waals surface area contributed by atoms with Crippen molar-refractivity contribution in [3.05, 3.63) is 35.6 Å². The van der Waals surface area contributed by atoms with E-state index in [0.717, 1.165) is 37.9 Å². The smallest absolute Gasteiger partial charge is 0.162 e. The Morgan fingerprint density at radius 3 is 2.43 bits per heavy atom. The number of Topliss-reactive ketones (excluding diaryl/α,β-unsaturated/α-hetero) is 1. The minimum atomic E-state index is -0.292. The first-order valence-electron chi connectivity index (χ1n) is 8.07. The summed E-state index contributed by atoms with van der Waals surface area (Å²) < 4.78 is 12.8. The monoisotopic (exact) mass is 291 g/mol. The van der Waals surface area contributed by atoms with Gasteiger partial charge in [0.05, 0.1) is 0 Å². The maximum Gasteiger partial charge on any atom is 0.162 e. The normalized spacial score (nSPS) is 17.3. The van der Waals surface area contributed by atoms with Gasteiger partial charge in [0.15, 0.2) is 5.78 Å². The lowest BCUT2D eigenvalue weighted by atomic mass is 9.86. The van der Waals surface area contributed by atoms with Crippen LogP contribution in [0.2, 0.25) is 0 Å². The van der Waals surface area contributed by atoms with Crippen LogP contribution in [-0.2, 0) is 0 Å². The quantitative estimate of drug-likeness (QED) is 0.734. The predicted octanol–water partition coefficient (Wildman–Crippen LogP) is 4.16. The molecule has 1 heterocycles. The minimum Gasteiger partial charge on any atom is -0.303 e. The van der Waals surface area contributed by atoms with Crippen LogP contribution in [0.3, 0.4) is 0 Å². The van der Waals surface area contributed by atoms with Crippen molar-refractivity contribution in [2.24, 2.45) is 11.8 Å². The molecule has 116 valence electrons. The highest BCUT2D eigenvalue weighted by molar-refractivity contribution is 5.95.